The van der Waals surface area contributed by atoms with E-state index < -0.39 is 11.7 Å². The van der Waals surface area contributed by atoms with Gasteiger partial charge in [0.2, 0.25) is 0 Å². The molecule has 0 aliphatic heterocycles. The van der Waals surface area contributed by atoms with E-state index >= 15 is 0 Å². The van der Waals surface area contributed by atoms with Crippen LogP contribution in [0.25, 0.3) is 16.8 Å². The molecule has 0 saturated carbocycles. The number of nitrogens with one attached hydrogen (secondary N) is 1. The third kappa shape index (κ3) is 5.41. The highest BCUT2D eigenvalue weighted by atomic mass is 19.4. The Bertz CT molecular complexity index is 1050. The molecule has 0 aliphatic carbocycles. The monoisotopic (exact) mass is 434 g/mol. The molecule has 166 valence electrons. The van der Waals surface area contributed by atoms with Crippen LogP contribution in [0.2, 0.25) is 0 Å². The molecule has 0 fully saturated rings. The maximum atomic E-state index is 13.0. The van der Waals surface area contributed by atoms with Crippen molar-refractivity contribution >= 4 is 11.6 Å². The van der Waals surface area contributed by atoms with Crippen molar-refractivity contribution in [2.45, 2.75) is 39.3 Å². The van der Waals surface area contributed by atoms with Gasteiger partial charge in [-0.15, -0.1) is 0 Å². The molecule has 6 nitrogen and oxygen atoms in total. The van der Waals surface area contributed by atoms with Crippen molar-refractivity contribution in [1.29, 1.82) is 0 Å². The summed E-state index contributed by atoms with van der Waals surface area (Å²) in [6.07, 6.45) is 1.24. The number of hydrogen-bond donors (Lipinski definition) is 1. The number of fused-ring (bicyclic) bond motifs is 1. The first-order valence-corrected chi connectivity index (χ1v) is 10.2. The smallest absolute Gasteiger partial charge is 0.381 e. The van der Waals surface area contributed by atoms with Crippen molar-refractivity contribution in [1.82, 2.24) is 19.9 Å². The molecule has 31 heavy (non-hydrogen) atoms. The minimum atomic E-state index is -4.44. The van der Waals surface area contributed by atoms with E-state index in [2.05, 4.69) is 22.3 Å². The second-order valence-electron chi connectivity index (χ2n) is 7.20. The first-order valence-electron chi connectivity index (χ1n) is 10.2. The van der Waals surface area contributed by atoms with Gasteiger partial charge in [-0.1, -0.05) is 25.5 Å². The van der Waals surface area contributed by atoms with Gasteiger partial charge in [-0.3, -0.25) is 4.79 Å². The van der Waals surface area contributed by atoms with Crippen LogP contribution >= 0.6 is 0 Å². The minimum absolute atomic E-state index is 0.281. The van der Waals surface area contributed by atoms with Gasteiger partial charge in [-0.2, -0.15) is 18.3 Å². The number of benzene rings is 1. The van der Waals surface area contributed by atoms with Crippen LogP contribution in [-0.4, -0.2) is 40.3 Å². The normalized spacial score (nSPS) is 11.8. The van der Waals surface area contributed by atoms with E-state index in [0.717, 1.165) is 31.6 Å². The SMILES string of the molecule is CCCCOCCCNC(=O)c1cnc2c(-c3cccc(C(F)(F)F)c3)cnn2c1C. The van der Waals surface area contributed by atoms with E-state index in [9.17, 15) is 18.0 Å². The molecule has 1 N–H and O–H groups in total. The van der Waals surface area contributed by atoms with E-state index in [1.165, 1.54) is 23.0 Å². The Labute approximate surface area is 178 Å². The number of carbonyl (C=O) groups is 1. The first kappa shape index (κ1) is 22.7. The number of nitrogens with zero attached hydrogens (tertiary/aromatic N) is 3. The van der Waals surface area contributed by atoms with Gasteiger partial charge in [0.25, 0.3) is 5.91 Å². The van der Waals surface area contributed by atoms with Crippen LogP contribution < -0.4 is 5.32 Å². The van der Waals surface area contributed by atoms with Crippen molar-refractivity contribution < 1.29 is 22.7 Å². The summed E-state index contributed by atoms with van der Waals surface area (Å²) in [6, 6.07) is 5.01. The molecule has 1 amide bonds. The second-order valence-corrected chi connectivity index (χ2v) is 7.20. The fourth-order valence-electron chi connectivity index (χ4n) is 3.15. The van der Waals surface area contributed by atoms with Gasteiger partial charge in [0, 0.05) is 31.5 Å². The van der Waals surface area contributed by atoms with E-state index in [1.54, 1.807) is 13.0 Å². The number of amides is 1. The molecule has 9 heteroatoms. The Morgan fingerprint density at radius 1 is 1.19 bits per heavy atom. The lowest BCUT2D eigenvalue weighted by Crippen LogP contribution is -2.27. The molecule has 0 aliphatic rings. The highest BCUT2D eigenvalue weighted by Crippen LogP contribution is 2.33. The largest absolute Gasteiger partial charge is 0.416 e. The quantitative estimate of drug-likeness (QED) is 0.498. The predicted molar refractivity (Wildman–Crippen MR) is 111 cm³/mol. The van der Waals surface area contributed by atoms with Gasteiger partial charge in [0.15, 0.2) is 5.65 Å². The number of hydrogen-bond acceptors (Lipinski definition) is 4. The van der Waals surface area contributed by atoms with Crippen LogP contribution in [0.5, 0.6) is 0 Å². The molecule has 3 rings (SSSR count). The molecular weight excluding hydrogens is 409 g/mol. The van der Waals surface area contributed by atoms with E-state index in [1.807, 2.05) is 0 Å². The van der Waals surface area contributed by atoms with Crippen LogP contribution in [0, 0.1) is 6.92 Å². The molecular formula is C22H25F3N4O2. The predicted octanol–water partition coefficient (Wildman–Crippen LogP) is 4.66. The third-order valence-corrected chi connectivity index (χ3v) is 4.91. The Balaban J connectivity index is 1.74. The summed E-state index contributed by atoms with van der Waals surface area (Å²) < 4.78 is 46.1. The Morgan fingerprint density at radius 3 is 2.71 bits per heavy atom. The summed E-state index contributed by atoms with van der Waals surface area (Å²) in [5.74, 6) is -0.281. The fourth-order valence-corrected chi connectivity index (χ4v) is 3.15. The summed E-state index contributed by atoms with van der Waals surface area (Å²) in [7, 11) is 0. The van der Waals surface area contributed by atoms with Crippen LogP contribution in [-0.2, 0) is 10.9 Å². The van der Waals surface area contributed by atoms with E-state index in [4.69, 9.17) is 4.74 Å². The standard InChI is InChI=1S/C22H25F3N4O2/c1-3-4-10-31-11-6-9-26-21(30)18-13-27-20-19(14-28-29(20)15(18)2)16-7-5-8-17(12-16)22(23,24)25/h5,7-8,12-14H,3-4,6,9-11H2,1-2H3,(H,26,30). The number of unbranched alkanes of at least 4 members (excludes halogenated alkanes) is 1. The maximum absolute atomic E-state index is 13.0. The Morgan fingerprint density at radius 2 is 1.97 bits per heavy atom. The average Bonchev–Trinajstić information content (AvgIpc) is 3.18. The zero-order valence-electron chi connectivity index (χ0n) is 17.5. The van der Waals surface area contributed by atoms with Crippen LogP contribution in [0.3, 0.4) is 0 Å². The fraction of sp³-hybridized carbons (Fsp3) is 0.409. The summed E-state index contributed by atoms with van der Waals surface area (Å²) in [6.45, 7) is 5.59. The number of ether oxygens (including phenoxy) is 1. The second kappa shape index (κ2) is 9.91. The van der Waals surface area contributed by atoms with Crippen molar-refractivity contribution in [3.63, 3.8) is 0 Å². The molecule has 0 spiro atoms. The van der Waals surface area contributed by atoms with Gasteiger partial charge in [-0.05, 0) is 37.5 Å². The number of aromatic nitrogens is 3. The molecule has 1 aromatic carbocycles. The molecule has 0 unspecified atom stereocenters. The number of aryl methyl sites for hydroxylation is 1. The van der Waals surface area contributed by atoms with Crippen molar-refractivity contribution in [3.05, 3.63) is 53.5 Å². The number of halogens is 3. The van der Waals surface area contributed by atoms with Crippen LogP contribution in [0.4, 0.5) is 13.2 Å². The molecule has 0 bridgehead atoms. The van der Waals surface area contributed by atoms with Crippen molar-refractivity contribution in [2.24, 2.45) is 0 Å². The summed E-state index contributed by atoms with van der Waals surface area (Å²) >= 11 is 0. The van der Waals surface area contributed by atoms with Gasteiger partial charge >= 0.3 is 6.18 Å². The van der Waals surface area contributed by atoms with Gasteiger partial charge in [0.05, 0.1) is 23.0 Å². The summed E-state index contributed by atoms with van der Waals surface area (Å²) in [5.41, 5.74) is 1.38. The van der Waals surface area contributed by atoms with Crippen LogP contribution in [0.15, 0.2) is 36.7 Å². The lowest BCUT2D eigenvalue weighted by atomic mass is 10.1. The maximum Gasteiger partial charge on any atom is 0.416 e. The Kier molecular flexibility index (Phi) is 7.27. The minimum Gasteiger partial charge on any atom is -0.381 e. The van der Waals surface area contributed by atoms with Gasteiger partial charge in [-0.25, -0.2) is 9.50 Å². The highest BCUT2D eigenvalue weighted by molar-refractivity contribution is 5.95. The molecule has 2 aromatic heterocycles. The van der Waals surface area contributed by atoms with Crippen molar-refractivity contribution in [3.8, 4) is 11.1 Å². The lowest BCUT2D eigenvalue weighted by Gasteiger charge is -2.10. The first-order chi connectivity index (χ1) is 14.8. The van der Waals surface area contributed by atoms with E-state index in [0.29, 0.717) is 47.6 Å². The summed E-state index contributed by atoms with van der Waals surface area (Å²) in [5, 5.41) is 7.07. The van der Waals surface area contributed by atoms with Gasteiger partial charge < -0.3 is 10.1 Å². The summed E-state index contributed by atoms with van der Waals surface area (Å²) in [4.78, 5) is 16.8. The van der Waals surface area contributed by atoms with Crippen molar-refractivity contribution in [2.75, 3.05) is 19.8 Å². The molecule has 2 heterocycles. The molecule has 0 saturated heterocycles. The van der Waals surface area contributed by atoms with Gasteiger partial charge in [0.1, 0.15) is 0 Å². The zero-order chi connectivity index (χ0) is 22.4. The highest BCUT2D eigenvalue weighted by Gasteiger charge is 2.30. The number of rotatable bonds is 9. The average molecular weight is 434 g/mol. The topological polar surface area (TPSA) is 68.5 Å². The third-order valence-electron chi connectivity index (χ3n) is 4.91. The van der Waals surface area contributed by atoms with Crippen LogP contribution in [0.1, 0.15) is 47.8 Å². The molecule has 0 radical (unpaired) electrons. The number of alkyl halides is 3. The van der Waals surface area contributed by atoms with E-state index in [-0.39, 0.29) is 5.91 Å². The zero-order valence-corrected chi connectivity index (χ0v) is 17.5. The number of carbonyl (C=O) groups excluding carboxylic acids is 1. The molecule has 3 aromatic rings. The lowest BCUT2D eigenvalue weighted by molar-refractivity contribution is -0.137. The Hall–Kier alpha value is -2.94. The molecule has 0 atom stereocenters.